The van der Waals surface area contributed by atoms with E-state index in [1.54, 1.807) is 27.7 Å². The summed E-state index contributed by atoms with van der Waals surface area (Å²) in [6.45, 7) is 7.08. The van der Waals surface area contributed by atoms with E-state index in [1.165, 1.54) is 7.11 Å². The summed E-state index contributed by atoms with van der Waals surface area (Å²) in [6.07, 6.45) is -0.298. The highest BCUT2D eigenvalue weighted by Gasteiger charge is 2.43. The third-order valence-corrected chi connectivity index (χ3v) is 3.85. The van der Waals surface area contributed by atoms with E-state index in [0.29, 0.717) is 0 Å². The van der Waals surface area contributed by atoms with E-state index in [1.807, 2.05) is 0 Å². The van der Waals surface area contributed by atoms with E-state index in [-0.39, 0.29) is 19.3 Å². The Hall–Kier alpha value is -0.420. The van der Waals surface area contributed by atoms with Gasteiger partial charge in [-0.3, -0.25) is 4.57 Å². The lowest BCUT2D eigenvalue weighted by Gasteiger charge is -2.25. The number of hydrogen-bond acceptors (Lipinski definition) is 6. The average Bonchev–Trinajstić information content (AvgIpc) is 2.25. The zero-order valence-electron chi connectivity index (χ0n) is 11.0. The second kappa shape index (κ2) is 7.82. The summed E-state index contributed by atoms with van der Waals surface area (Å²) in [5.74, 6) is -2.10. The van der Waals surface area contributed by atoms with Gasteiger partial charge >= 0.3 is 13.6 Å². The lowest BCUT2D eigenvalue weighted by atomic mass is 10.5. The van der Waals surface area contributed by atoms with Gasteiger partial charge in [0.2, 0.25) is 0 Å². The Morgan fingerprint density at radius 3 is 1.94 bits per heavy atom. The zero-order valence-corrected chi connectivity index (χ0v) is 11.9. The van der Waals surface area contributed by atoms with Crippen molar-refractivity contribution in [3.63, 3.8) is 0 Å². The van der Waals surface area contributed by atoms with E-state index in [9.17, 15) is 9.36 Å². The largest absolute Gasteiger partial charge is 0.467 e. The number of carbonyl (C=O) groups excluding carboxylic acids is 1. The number of esters is 1. The van der Waals surface area contributed by atoms with Crippen LogP contribution in [-0.4, -0.2) is 38.2 Å². The molecule has 0 aromatic carbocycles. The number of methoxy groups -OCH3 is 1. The maximum absolute atomic E-state index is 12.4. The van der Waals surface area contributed by atoms with Gasteiger partial charge in [0.1, 0.15) is 0 Å². The van der Waals surface area contributed by atoms with Gasteiger partial charge < -0.3 is 18.5 Å². The molecule has 0 N–H and O–H groups in total. The van der Waals surface area contributed by atoms with Crippen molar-refractivity contribution >= 4 is 13.6 Å². The molecule has 102 valence electrons. The van der Waals surface area contributed by atoms with Crippen molar-refractivity contribution in [3.05, 3.63) is 0 Å². The van der Waals surface area contributed by atoms with Crippen LogP contribution in [0.3, 0.4) is 0 Å². The Morgan fingerprint density at radius 1 is 1.18 bits per heavy atom. The summed E-state index contributed by atoms with van der Waals surface area (Å²) >= 11 is 0. The first kappa shape index (κ1) is 16.6. The molecule has 17 heavy (non-hydrogen) atoms. The van der Waals surface area contributed by atoms with E-state index in [4.69, 9.17) is 13.8 Å². The normalized spacial score (nSPS) is 13.8. The van der Waals surface area contributed by atoms with Gasteiger partial charge in [0, 0.05) is 0 Å². The Bertz CT molecular complexity index is 268. The first-order valence-corrected chi connectivity index (χ1v) is 7.14. The molecular formula is C10H21O6P. The van der Waals surface area contributed by atoms with Crippen LogP contribution < -0.4 is 0 Å². The van der Waals surface area contributed by atoms with Crippen LogP contribution in [-0.2, 0) is 27.9 Å². The smallest absolute Gasteiger partial charge is 0.370 e. The lowest BCUT2D eigenvalue weighted by molar-refractivity contribution is -0.152. The van der Waals surface area contributed by atoms with Crippen molar-refractivity contribution in [2.24, 2.45) is 0 Å². The van der Waals surface area contributed by atoms with Crippen LogP contribution in [0.15, 0.2) is 0 Å². The van der Waals surface area contributed by atoms with E-state index in [2.05, 4.69) is 4.74 Å². The van der Waals surface area contributed by atoms with E-state index < -0.39 is 19.4 Å². The zero-order chi connectivity index (χ0) is 13.5. The van der Waals surface area contributed by atoms with Gasteiger partial charge in [0.15, 0.2) is 0 Å². The molecule has 0 aromatic heterocycles. The van der Waals surface area contributed by atoms with Crippen LogP contribution in [0, 0.1) is 0 Å². The van der Waals surface area contributed by atoms with Gasteiger partial charge in [-0.25, -0.2) is 4.79 Å². The van der Waals surface area contributed by atoms with Crippen LogP contribution in [0.5, 0.6) is 0 Å². The van der Waals surface area contributed by atoms with Crippen LogP contribution in [0.2, 0.25) is 0 Å². The van der Waals surface area contributed by atoms with Crippen LogP contribution >= 0.6 is 7.60 Å². The summed E-state index contributed by atoms with van der Waals surface area (Å²) in [5.41, 5.74) is 0. The second-order valence-electron chi connectivity index (χ2n) is 3.44. The van der Waals surface area contributed by atoms with Crippen LogP contribution in [0.4, 0.5) is 0 Å². The van der Waals surface area contributed by atoms with Crippen LogP contribution in [0.1, 0.15) is 27.7 Å². The third kappa shape index (κ3) is 5.17. The molecule has 1 unspecified atom stereocenters. The van der Waals surface area contributed by atoms with Crippen molar-refractivity contribution in [3.8, 4) is 0 Å². The Kier molecular flexibility index (Phi) is 7.63. The minimum atomic E-state index is -3.65. The molecular weight excluding hydrogens is 247 g/mol. The fourth-order valence-corrected chi connectivity index (χ4v) is 2.97. The Labute approximate surface area is 102 Å². The van der Waals surface area contributed by atoms with Gasteiger partial charge in [-0.15, -0.1) is 0 Å². The van der Waals surface area contributed by atoms with Crippen LogP contribution in [0.25, 0.3) is 0 Å². The number of hydrogen-bond donors (Lipinski definition) is 0. The molecule has 0 amide bonds. The fraction of sp³-hybridized carbons (Fsp3) is 0.900. The SMILES string of the molecule is CCOP(=O)(OCC)C(OC(C)C)C(=O)OC. The Balaban J connectivity index is 5.06. The molecule has 0 aliphatic rings. The van der Waals surface area contributed by atoms with Crippen molar-refractivity contribution in [1.82, 2.24) is 0 Å². The van der Waals surface area contributed by atoms with E-state index >= 15 is 0 Å². The molecule has 0 spiro atoms. The highest BCUT2D eigenvalue weighted by molar-refractivity contribution is 7.55. The summed E-state index contributed by atoms with van der Waals surface area (Å²) in [4.78, 5) is 11.6. The van der Waals surface area contributed by atoms with Crippen molar-refractivity contribution in [2.75, 3.05) is 20.3 Å². The minimum absolute atomic E-state index is 0.159. The molecule has 7 heteroatoms. The molecule has 1 atom stereocenters. The fourth-order valence-electron chi connectivity index (χ4n) is 1.15. The quantitative estimate of drug-likeness (QED) is 0.496. The topological polar surface area (TPSA) is 71.1 Å². The molecule has 0 saturated carbocycles. The molecule has 0 rings (SSSR count). The summed E-state index contributed by atoms with van der Waals surface area (Å²) in [6, 6.07) is 0. The molecule has 0 aromatic rings. The second-order valence-corrected chi connectivity index (χ2v) is 5.50. The molecule has 0 heterocycles. The summed E-state index contributed by atoms with van der Waals surface area (Å²) < 4.78 is 32.3. The minimum Gasteiger partial charge on any atom is -0.467 e. The van der Waals surface area contributed by atoms with Crippen molar-refractivity contribution < 1.29 is 27.9 Å². The molecule has 0 saturated heterocycles. The van der Waals surface area contributed by atoms with Gasteiger partial charge in [0.25, 0.3) is 5.85 Å². The lowest BCUT2D eigenvalue weighted by Crippen LogP contribution is -2.30. The third-order valence-electron chi connectivity index (χ3n) is 1.71. The average molecular weight is 268 g/mol. The van der Waals surface area contributed by atoms with Gasteiger partial charge in [-0.2, -0.15) is 0 Å². The summed E-state index contributed by atoms with van der Waals surface area (Å²) in [7, 11) is -2.46. The highest BCUT2D eigenvalue weighted by Crippen LogP contribution is 2.54. The molecule has 0 bridgehead atoms. The molecule has 0 aliphatic carbocycles. The van der Waals surface area contributed by atoms with Gasteiger partial charge in [-0.1, -0.05) is 0 Å². The maximum Gasteiger partial charge on any atom is 0.370 e. The highest BCUT2D eigenvalue weighted by atomic mass is 31.2. The maximum atomic E-state index is 12.4. The Morgan fingerprint density at radius 2 is 1.65 bits per heavy atom. The standard InChI is InChI=1S/C10H21O6P/c1-6-14-17(12,15-7-2)10(9(11)13-5)16-8(3)4/h8,10H,6-7H2,1-5H3. The van der Waals surface area contributed by atoms with Crippen molar-refractivity contribution in [2.45, 2.75) is 39.6 Å². The van der Waals surface area contributed by atoms with Gasteiger partial charge in [-0.05, 0) is 27.7 Å². The number of ether oxygens (including phenoxy) is 2. The monoisotopic (exact) mass is 268 g/mol. The molecule has 6 nitrogen and oxygen atoms in total. The van der Waals surface area contributed by atoms with E-state index in [0.717, 1.165) is 0 Å². The first-order valence-electron chi connectivity index (χ1n) is 5.53. The predicted octanol–water partition coefficient (Wildman–Crippen LogP) is 2.18. The molecule has 0 aliphatic heterocycles. The van der Waals surface area contributed by atoms with Crippen molar-refractivity contribution in [1.29, 1.82) is 0 Å². The molecule has 0 fully saturated rings. The number of carbonyl (C=O) groups is 1. The summed E-state index contributed by atoms with van der Waals surface area (Å²) in [5, 5.41) is 0. The number of rotatable bonds is 8. The van der Waals surface area contributed by atoms with Gasteiger partial charge in [0.05, 0.1) is 26.4 Å². The first-order chi connectivity index (χ1) is 7.91. The predicted molar refractivity (Wildman–Crippen MR) is 62.9 cm³/mol. The molecule has 0 radical (unpaired) electrons.